The molecule has 0 aromatic carbocycles. The standard InChI is InChI=1S/C24H29N5O2.2CH2O2/c30-21-6-8-26(16-21)13-18-4-5-22-19-9-17(12-29(22)24(18)31)11-27(14-19)15-20-10-25-23-3-1-2-7-28(20)23;2*2-1-3/h1-5,7,10,17,19,21,30H,6,8-9,11-16H2;2*1H,(H,2,3)/t17-,19+,21+;;/m0../s1. The van der Waals surface area contributed by atoms with E-state index in [2.05, 4.69) is 31.4 Å². The second kappa shape index (κ2) is 12.1. The van der Waals surface area contributed by atoms with Crippen molar-refractivity contribution in [2.45, 2.75) is 44.5 Å². The summed E-state index contributed by atoms with van der Waals surface area (Å²) in [6.45, 7) is 5.38. The third-order valence-corrected chi connectivity index (χ3v) is 7.28. The molecule has 3 N–H and O–H groups in total. The molecule has 6 heterocycles. The molecule has 0 aliphatic carbocycles. The maximum Gasteiger partial charge on any atom is 0.290 e. The number of carbonyl (C=O) groups is 2. The highest BCUT2D eigenvalue weighted by Gasteiger charge is 2.35. The van der Waals surface area contributed by atoms with E-state index in [9.17, 15) is 9.90 Å². The summed E-state index contributed by atoms with van der Waals surface area (Å²) in [6.07, 6.45) is 5.79. The highest BCUT2D eigenvalue weighted by atomic mass is 16.3. The lowest BCUT2D eigenvalue weighted by molar-refractivity contribution is -0.123. The number of imidazole rings is 1. The van der Waals surface area contributed by atoms with Gasteiger partial charge in [0.25, 0.3) is 18.5 Å². The molecule has 198 valence electrons. The lowest BCUT2D eigenvalue weighted by Gasteiger charge is -2.43. The fourth-order valence-electron chi connectivity index (χ4n) is 5.87. The van der Waals surface area contributed by atoms with E-state index in [0.717, 1.165) is 50.4 Å². The Bertz CT molecular complexity index is 1270. The first-order valence-electron chi connectivity index (χ1n) is 12.4. The highest BCUT2D eigenvalue weighted by Crippen LogP contribution is 2.35. The number of nitrogens with zero attached hydrogens (tertiary/aromatic N) is 5. The summed E-state index contributed by atoms with van der Waals surface area (Å²) in [4.78, 5) is 39.2. The number of rotatable bonds is 4. The van der Waals surface area contributed by atoms with Crippen LogP contribution in [0.2, 0.25) is 0 Å². The molecule has 37 heavy (non-hydrogen) atoms. The molecule has 0 spiro atoms. The van der Waals surface area contributed by atoms with Crippen molar-refractivity contribution in [3.8, 4) is 0 Å². The number of β-amino-alcohol motifs (C(OH)–C–C–N with tert-alkyl or cyclic N) is 1. The first-order chi connectivity index (χ1) is 18.0. The fraction of sp³-hybridized carbons (Fsp3) is 0.462. The summed E-state index contributed by atoms with van der Waals surface area (Å²) in [6, 6.07) is 10.3. The van der Waals surface area contributed by atoms with Gasteiger partial charge in [0.1, 0.15) is 5.65 Å². The SMILES string of the molecule is O=CO.O=CO.O=c1c(CN2CC[C@@H](O)C2)ccc2n1C[C@H]1C[C@@H]2CN(Cc2cnc3ccccn23)C1. The van der Waals surface area contributed by atoms with E-state index in [-0.39, 0.29) is 24.6 Å². The number of aliphatic hydroxyl groups is 1. The third kappa shape index (κ3) is 6.07. The summed E-state index contributed by atoms with van der Waals surface area (Å²) in [7, 11) is 0. The van der Waals surface area contributed by atoms with Crippen LogP contribution in [0.1, 0.15) is 35.7 Å². The summed E-state index contributed by atoms with van der Waals surface area (Å²) in [5, 5.41) is 23.6. The molecular weight excluding hydrogens is 478 g/mol. The number of hydrogen-bond donors (Lipinski definition) is 3. The maximum atomic E-state index is 13.2. The Labute approximate surface area is 214 Å². The van der Waals surface area contributed by atoms with Crippen LogP contribution in [-0.4, -0.2) is 84.3 Å². The van der Waals surface area contributed by atoms with Gasteiger partial charge in [-0.25, -0.2) is 4.98 Å². The van der Waals surface area contributed by atoms with E-state index < -0.39 is 0 Å². The molecular formula is C26H33N5O6. The van der Waals surface area contributed by atoms with Crippen molar-refractivity contribution in [3.05, 3.63) is 70.0 Å². The van der Waals surface area contributed by atoms with E-state index in [1.54, 1.807) is 0 Å². The molecule has 11 heteroatoms. The third-order valence-electron chi connectivity index (χ3n) is 7.28. The van der Waals surface area contributed by atoms with Crippen LogP contribution in [-0.2, 0) is 29.2 Å². The minimum Gasteiger partial charge on any atom is -0.483 e. The Hall–Kier alpha value is -3.54. The largest absolute Gasteiger partial charge is 0.483 e. The van der Waals surface area contributed by atoms with E-state index in [0.29, 0.717) is 24.9 Å². The molecule has 3 aromatic rings. The zero-order chi connectivity index (χ0) is 26.4. The predicted octanol–water partition coefficient (Wildman–Crippen LogP) is 1.08. The van der Waals surface area contributed by atoms with Gasteiger partial charge in [-0.2, -0.15) is 0 Å². The van der Waals surface area contributed by atoms with E-state index in [1.807, 2.05) is 35.0 Å². The number of pyridine rings is 2. The van der Waals surface area contributed by atoms with Crippen LogP contribution >= 0.6 is 0 Å². The van der Waals surface area contributed by atoms with Crippen LogP contribution in [0.25, 0.3) is 5.65 Å². The minimum atomic E-state index is -0.251. The Morgan fingerprint density at radius 1 is 0.973 bits per heavy atom. The molecule has 3 aromatic heterocycles. The zero-order valence-electron chi connectivity index (χ0n) is 20.6. The lowest BCUT2D eigenvalue weighted by Crippen LogP contribution is -2.47. The van der Waals surface area contributed by atoms with Gasteiger partial charge in [-0.15, -0.1) is 0 Å². The molecule has 0 radical (unpaired) electrons. The predicted molar refractivity (Wildman–Crippen MR) is 135 cm³/mol. The monoisotopic (exact) mass is 511 g/mol. The number of likely N-dealkylation sites (tertiary alicyclic amines) is 2. The molecule has 6 rings (SSSR count). The van der Waals surface area contributed by atoms with E-state index in [1.165, 1.54) is 17.8 Å². The van der Waals surface area contributed by atoms with Crippen LogP contribution in [0.5, 0.6) is 0 Å². The Kier molecular flexibility index (Phi) is 8.70. The Morgan fingerprint density at radius 2 is 1.76 bits per heavy atom. The van der Waals surface area contributed by atoms with Gasteiger partial charge >= 0.3 is 0 Å². The van der Waals surface area contributed by atoms with Gasteiger partial charge in [-0.1, -0.05) is 12.1 Å². The second-order valence-electron chi connectivity index (χ2n) is 9.76. The molecule has 2 fully saturated rings. The van der Waals surface area contributed by atoms with Gasteiger partial charge in [0, 0.05) is 69.2 Å². The first kappa shape index (κ1) is 26.5. The Morgan fingerprint density at radius 3 is 2.49 bits per heavy atom. The van der Waals surface area contributed by atoms with Gasteiger partial charge in [-0.05, 0) is 37.0 Å². The topological polar surface area (TPSA) is 141 Å². The first-order valence-corrected chi connectivity index (χ1v) is 12.4. The summed E-state index contributed by atoms with van der Waals surface area (Å²) in [5.74, 6) is 0.911. The van der Waals surface area contributed by atoms with Crippen molar-refractivity contribution in [1.29, 1.82) is 0 Å². The quantitative estimate of drug-likeness (QED) is 0.439. The van der Waals surface area contributed by atoms with Crippen LogP contribution in [0.15, 0.2) is 47.5 Å². The maximum absolute atomic E-state index is 13.2. The normalized spacial score (nSPS) is 22.8. The van der Waals surface area contributed by atoms with Gasteiger partial charge < -0.3 is 24.3 Å². The molecule has 3 aliphatic heterocycles. The zero-order valence-corrected chi connectivity index (χ0v) is 20.6. The lowest BCUT2D eigenvalue weighted by atomic mass is 9.83. The Balaban J connectivity index is 0.000000489. The van der Waals surface area contributed by atoms with Crippen LogP contribution in [0, 0.1) is 5.92 Å². The van der Waals surface area contributed by atoms with E-state index in [4.69, 9.17) is 19.8 Å². The van der Waals surface area contributed by atoms with Crippen molar-refractivity contribution in [3.63, 3.8) is 0 Å². The van der Waals surface area contributed by atoms with Crippen molar-refractivity contribution in [2.75, 3.05) is 26.2 Å². The smallest absolute Gasteiger partial charge is 0.290 e. The van der Waals surface area contributed by atoms with Crippen molar-refractivity contribution < 1.29 is 24.9 Å². The average Bonchev–Trinajstić information content (AvgIpc) is 3.48. The van der Waals surface area contributed by atoms with E-state index >= 15 is 0 Å². The van der Waals surface area contributed by atoms with Gasteiger partial charge in [0.05, 0.1) is 18.0 Å². The van der Waals surface area contributed by atoms with Gasteiger partial charge in [0.15, 0.2) is 0 Å². The molecule has 0 unspecified atom stereocenters. The van der Waals surface area contributed by atoms with Crippen molar-refractivity contribution in [2.24, 2.45) is 5.92 Å². The summed E-state index contributed by atoms with van der Waals surface area (Å²) in [5.41, 5.74) is 4.43. The summed E-state index contributed by atoms with van der Waals surface area (Å²) < 4.78 is 4.22. The number of fused-ring (bicyclic) bond motifs is 5. The van der Waals surface area contributed by atoms with Crippen molar-refractivity contribution >= 4 is 18.6 Å². The molecule has 3 atom stereocenters. The number of aliphatic hydroxyl groups excluding tert-OH is 1. The highest BCUT2D eigenvalue weighted by molar-refractivity contribution is 5.39. The minimum absolute atomic E-state index is 0.170. The molecule has 11 nitrogen and oxygen atoms in total. The van der Waals surface area contributed by atoms with Crippen LogP contribution in [0.4, 0.5) is 0 Å². The number of piperidine rings is 1. The number of carboxylic acid groups (broad SMARTS) is 2. The average molecular weight is 512 g/mol. The molecule has 3 aliphatic rings. The molecule has 0 saturated carbocycles. The van der Waals surface area contributed by atoms with Gasteiger partial charge in [-0.3, -0.25) is 24.2 Å². The molecule has 0 amide bonds. The van der Waals surface area contributed by atoms with Crippen LogP contribution < -0.4 is 5.56 Å². The molecule has 2 saturated heterocycles. The second-order valence-corrected chi connectivity index (χ2v) is 9.76. The number of hydrogen-bond acceptors (Lipinski definition) is 7. The van der Waals surface area contributed by atoms with Gasteiger partial charge in [0.2, 0.25) is 0 Å². The molecule has 2 bridgehead atoms. The number of aromatic nitrogens is 3. The van der Waals surface area contributed by atoms with Crippen LogP contribution in [0.3, 0.4) is 0 Å². The fourth-order valence-corrected chi connectivity index (χ4v) is 5.87. The van der Waals surface area contributed by atoms with Crippen molar-refractivity contribution in [1.82, 2.24) is 23.8 Å². The summed E-state index contributed by atoms with van der Waals surface area (Å²) >= 11 is 0.